The Bertz CT molecular complexity index is 1310. The van der Waals surface area contributed by atoms with Crippen molar-refractivity contribution in [2.24, 2.45) is 0 Å². The number of aliphatic hydroxyl groups excluding tert-OH is 1. The monoisotopic (exact) mass is 547 g/mol. The first kappa shape index (κ1) is 28.8. The minimum atomic E-state index is -1.31. The summed E-state index contributed by atoms with van der Waals surface area (Å²) >= 11 is 0. The van der Waals surface area contributed by atoms with Crippen LogP contribution in [0.4, 0.5) is 20.6 Å². The quantitative estimate of drug-likeness (QED) is 0.312. The maximum Gasteiger partial charge on any atom is 0.414 e. The van der Waals surface area contributed by atoms with Gasteiger partial charge >= 0.3 is 6.09 Å². The van der Waals surface area contributed by atoms with E-state index in [9.17, 15) is 19.5 Å². The van der Waals surface area contributed by atoms with Gasteiger partial charge in [0.1, 0.15) is 12.4 Å². The van der Waals surface area contributed by atoms with E-state index >= 15 is 4.39 Å². The molecule has 40 heavy (non-hydrogen) atoms. The molecule has 1 heterocycles. The zero-order valence-electron chi connectivity index (χ0n) is 22.8. The van der Waals surface area contributed by atoms with E-state index in [0.29, 0.717) is 18.8 Å². The van der Waals surface area contributed by atoms with Crippen LogP contribution in [0.3, 0.4) is 0 Å². The van der Waals surface area contributed by atoms with Crippen LogP contribution in [0, 0.1) is 5.82 Å². The lowest BCUT2D eigenvalue weighted by atomic mass is 10.1. The highest BCUT2D eigenvalue weighted by Gasteiger charge is 2.37. The number of anilines is 2. The van der Waals surface area contributed by atoms with Crippen molar-refractivity contribution in [2.75, 3.05) is 36.0 Å². The Morgan fingerprint density at radius 1 is 0.925 bits per heavy atom. The molecule has 8 nitrogen and oxygen atoms in total. The fourth-order valence-electron chi connectivity index (χ4n) is 4.78. The van der Waals surface area contributed by atoms with Crippen molar-refractivity contribution in [3.8, 4) is 0 Å². The molecule has 0 saturated carbocycles. The predicted molar refractivity (Wildman–Crippen MR) is 151 cm³/mol. The summed E-state index contributed by atoms with van der Waals surface area (Å²) in [5.74, 6) is -1.53. The molecule has 210 valence electrons. The molecule has 0 fully saturated rings. The third kappa shape index (κ3) is 6.48. The molecule has 9 heteroatoms. The van der Waals surface area contributed by atoms with Crippen molar-refractivity contribution in [3.63, 3.8) is 0 Å². The molecule has 1 atom stereocenters. The van der Waals surface area contributed by atoms with Gasteiger partial charge < -0.3 is 14.7 Å². The van der Waals surface area contributed by atoms with Crippen molar-refractivity contribution in [1.29, 1.82) is 0 Å². The number of nitrogens with zero attached hydrogens (tertiary/aromatic N) is 3. The molecule has 0 bridgehead atoms. The number of fused-ring (bicyclic) bond motifs is 1. The maximum absolute atomic E-state index is 15.4. The van der Waals surface area contributed by atoms with Gasteiger partial charge in [0.2, 0.25) is 0 Å². The van der Waals surface area contributed by atoms with Gasteiger partial charge in [-0.3, -0.25) is 19.4 Å². The van der Waals surface area contributed by atoms with Crippen LogP contribution >= 0.6 is 0 Å². The fraction of sp³-hybridized carbons (Fsp3) is 0.323. The number of rotatable bonds is 12. The van der Waals surface area contributed by atoms with Gasteiger partial charge in [-0.2, -0.15) is 0 Å². The number of benzene rings is 3. The lowest BCUT2D eigenvalue weighted by Crippen LogP contribution is -2.44. The van der Waals surface area contributed by atoms with Crippen LogP contribution in [0.2, 0.25) is 0 Å². The Morgan fingerprint density at radius 2 is 1.52 bits per heavy atom. The molecule has 0 aliphatic carbocycles. The third-order valence-electron chi connectivity index (χ3n) is 6.66. The van der Waals surface area contributed by atoms with Crippen LogP contribution in [-0.4, -0.2) is 60.2 Å². The van der Waals surface area contributed by atoms with Crippen LogP contribution in [-0.2, 0) is 11.3 Å². The van der Waals surface area contributed by atoms with Gasteiger partial charge in [0.15, 0.2) is 0 Å². The van der Waals surface area contributed by atoms with Crippen molar-refractivity contribution in [3.05, 3.63) is 95.3 Å². The Labute approximate surface area is 233 Å². The molecule has 0 spiro atoms. The number of carbonyl (C=O) groups excluding carboxylic acids is 3. The van der Waals surface area contributed by atoms with Gasteiger partial charge in [0.05, 0.1) is 41.7 Å². The number of carbonyl (C=O) groups is 3. The summed E-state index contributed by atoms with van der Waals surface area (Å²) in [6.45, 7) is 4.73. The Balaban J connectivity index is 1.55. The SMILES string of the molecule is CCCN(CCC)c1ccc(N(C[C@@H](O)CN2C(=O)c3ccccc3C2=O)C(=O)OCc2ccccc2)cc1F. The van der Waals surface area contributed by atoms with Crippen molar-refractivity contribution in [2.45, 2.75) is 39.4 Å². The number of halogens is 1. The van der Waals surface area contributed by atoms with E-state index in [1.54, 1.807) is 48.5 Å². The van der Waals surface area contributed by atoms with Crippen molar-refractivity contribution >= 4 is 29.3 Å². The summed E-state index contributed by atoms with van der Waals surface area (Å²) < 4.78 is 20.9. The normalized spacial score (nSPS) is 13.2. The van der Waals surface area contributed by atoms with Gasteiger partial charge in [-0.1, -0.05) is 56.3 Å². The van der Waals surface area contributed by atoms with E-state index in [-0.39, 0.29) is 36.5 Å². The molecule has 1 N–H and O–H groups in total. The summed E-state index contributed by atoms with van der Waals surface area (Å²) in [5.41, 5.74) is 1.91. The first-order valence-electron chi connectivity index (χ1n) is 13.5. The van der Waals surface area contributed by atoms with E-state index in [1.165, 1.54) is 6.07 Å². The molecular formula is C31H34FN3O5. The molecule has 1 aliphatic heterocycles. The minimum Gasteiger partial charge on any atom is -0.444 e. The molecule has 0 radical (unpaired) electrons. The highest BCUT2D eigenvalue weighted by molar-refractivity contribution is 6.21. The van der Waals surface area contributed by atoms with Gasteiger partial charge in [-0.25, -0.2) is 9.18 Å². The number of amides is 3. The van der Waals surface area contributed by atoms with Crippen LogP contribution in [0.1, 0.15) is 53.0 Å². The van der Waals surface area contributed by atoms with E-state index in [1.807, 2.05) is 36.9 Å². The predicted octanol–water partition coefficient (Wildman–Crippen LogP) is 5.25. The second-order valence-corrected chi connectivity index (χ2v) is 9.69. The molecule has 3 aromatic carbocycles. The van der Waals surface area contributed by atoms with Crippen molar-refractivity contribution in [1.82, 2.24) is 4.90 Å². The zero-order valence-corrected chi connectivity index (χ0v) is 22.8. The lowest BCUT2D eigenvalue weighted by molar-refractivity contribution is 0.0550. The summed E-state index contributed by atoms with van der Waals surface area (Å²) in [4.78, 5) is 42.8. The minimum absolute atomic E-state index is 0.0218. The Morgan fingerprint density at radius 3 is 2.10 bits per heavy atom. The standard InChI is InChI=1S/C31H34FN3O5/c1-3-16-33(17-4-2)28-15-14-23(18-27(28)32)34(31(39)40-21-22-10-6-5-7-11-22)19-24(36)20-35-29(37)25-12-8-9-13-26(25)30(35)38/h5-15,18,24,36H,3-4,16-17,19-21H2,1-2H3/t24-/m1/s1. The summed E-state index contributed by atoms with van der Waals surface area (Å²) in [6.07, 6.45) is -0.408. The molecule has 1 aliphatic rings. The zero-order chi connectivity index (χ0) is 28.6. The van der Waals surface area contributed by atoms with Crippen LogP contribution in [0.5, 0.6) is 0 Å². The number of hydrogen-bond acceptors (Lipinski definition) is 6. The van der Waals surface area contributed by atoms with E-state index < -0.39 is 29.8 Å². The van der Waals surface area contributed by atoms with Crippen LogP contribution in [0.15, 0.2) is 72.8 Å². The maximum atomic E-state index is 15.4. The molecule has 3 amide bonds. The van der Waals surface area contributed by atoms with E-state index in [0.717, 1.165) is 28.2 Å². The Hall–Kier alpha value is -4.24. The largest absolute Gasteiger partial charge is 0.444 e. The first-order valence-corrected chi connectivity index (χ1v) is 13.5. The number of aliphatic hydroxyl groups is 1. The first-order chi connectivity index (χ1) is 19.3. The molecule has 4 rings (SSSR count). The van der Waals surface area contributed by atoms with Gasteiger partial charge in [-0.05, 0) is 48.7 Å². The lowest BCUT2D eigenvalue weighted by Gasteiger charge is -2.28. The van der Waals surface area contributed by atoms with Gasteiger partial charge in [-0.15, -0.1) is 0 Å². The molecule has 0 aromatic heterocycles. The topological polar surface area (TPSA) is 90.4 Å². The second-order valence-electron chi connectivity index (χ2n) is 9.69. The number of ether oxygens (including phenoxy) is 1. The summed E-state index contributed by atoms with van der Waals surface area (Å²) in [6, 6.07) is 20.0. The summed E-state index contributed by atoms with van der Waals surface area (Å²) in [7, 11) is 0. The summed E-state index contributed by atoms with van der Waals surface area (Å²) in [5, 5.41) is 10.9. The third-order valence-corrected chi connectivity index (χ3v) is 6.66. The molecule has 0 unspecified atom stereocenters. The van der Waals surface area contributed by atoms with Gasteiger partial charge in [0.25, 0.3) is 11.8 Å². The van der Waals surface area contributed by atoms with Crippen LogP contribution < -0.4 is 9.80 Å². The number of imide groups is 1. The second kappa shape index (κ2) is 13.2. The fourth-order valence-corrected chi connectivity index (χ4v) is 4.78. The molecule has 3 aromatic rings. The average molecular weight is 548 g/mol. The van der Waals surface area contributed by atoms with Gasteiger partial charge in [0, 0.05) is 13.1 Å². The number of hydrogen-bond donors (Lipinski definition) is 1. The molecule has 0 saturated heterocycles. The Kier molecular flexibility index (Phi) is 9.50. The van der Waals surface area contributed by atoms with E-state index in [2.05, 4.69) is 0 Å². The highest BCUT2D eigenvalue weighted by atomic mass is 19.1. The number of β-amino-alcohol motifs (C(OH)–C–C–N with tert-alkyl or cyclic N) is 1. The highest BCUT2D eigenvalue weighted by Crippen LogP contribution is 2.27. The van der Waals surface area contributed by atoms with Crippen molar-refractivity contribution < 1.29 is 28.6 Å². The van der Waals surface area contributed by atoms with E-state index in [4.69, 9.17) is 4.74 Å². The van der Waals surface area contributed by atoms with Crippen LogP contribution in [0.25, 0.3) is 0 Å². The smallest absolute Gasteiger partial charge is 0.414 e. The molecular weight excluding hydrogens is 513 g/mol. The average Bonchev–Trinajstić information content (AvgIpc) is 3.20.